The lowest BCUT2D eigenvalue weighted by Gasteiger charge is -2.14. The highest BCUT2D eigenvalue weighted by molar-refractivity contribution is 5.85. The van der Waals surface area contributed by atoms with Crippen molar-refractivity contribution in [1.29, 1.82) is 0 Å². The van der Waals surface area contributed by atoms with Crippen molar-refractivity contribution in [3.05, 3.63) is 60.1 Å². The van der Waals surface area contributed by atoms with Gasteiger partial charge in [0.15, 0.2) is 11.5 Å². The van der Waals surface area contributed by atoms with E-state index >= 15 is 0 Å². The molecule has 1 N–H and O–H groups in total. The van der Waals surface area contributed by atoms with Crippen molar-refractivity contribution in [3.63, 3.8) is 0 Å². The van der Waals surface area contributed by atoms with Gasteiger partial charge in [-0.1, -0.05) is 12.1 Å². The summed E-state index contributed by atoms with van der Waals surface area (Å²) >= 11 is 0. The summed E-state index contributed by atoms with van der Waals surface area (Å²) < 4.78 is 20.5. The number of furan rings is 1. The van der Waals surface area contributed by atoms with Crippen LogP contribution in [0.5, 0.6) is 11.5 Å². The summed E-state index contributed by atoms with van der Waals surface area (Å²) in [6.45, 7) is 0. The van der Waals surface area contributed by atoms with E-state index < -0.39 is 18.0 Å². The van der Waals surface area contributed by atoms with Gasteiger partial charge in [0.2, 0.25) is 6.10 Å². The summed E-state index contributed by atoms with van der Waals surface area (Å²) in [5.74, 6) is -0.272. The number of ether oxygens (including phenoxy) is 3. The van der Waals surface area contributed by atoms with Crippen LogP contribution in [-0.2, 0) is 27.2 Å². The van der Waals surface area contributed by atoms with Crippen LogP contribution in [0.3, 0.4) is 0 Å². The number of allylic oxidation sites excluding steroid dienone is 1. The number of rotatable bonds is 9. The fourth-order valence-electron chi connectivity index (χ4n) is 2.28. The molecular weight excluding hydrogens is 340 g/mol. The molecule has 0 fully saturated rings. The topological polar surface area (TPSA) is 95.2 Å². The zero-order valence-corrected chi connectivity index (χ0v) is 14.5. The molecule has 0 saturated carbocycles. The van der Waals surface area contributed by atoms with Crippen molar-refractivity contribution in [1.82, 2.24) is 0 Å². The normalized spacial score (nSPS) is 11.9. The Morgan fingerprint density at radius 3 is 2.58 bits per heavy atom. The van der Waals surface area contributed by atoms with Gasteiger partial charge in [-0.3, -0.25) is 0 Å². The van der Waals surface area contributed by atoms with Crippen LogP contribution < -0.4 is 9.47 Å². The zero-order valence-electron chi connectivity index (χ0n) is 14.5. The Balaban J connectivity index is 1.98. The number of carboxylic acids is 1. The van der Waals surface area contributed by atoms with Gasteiger partial charge in [0.25, 0.3) is 0 Å². The third kappa shape index (κ3) is 5.41. The molecule has 2 aromatic rings. The Morgan fingerprint density at radius 2 is 1.96 bits per heavy atom. The number of hydrogen-bond donors (Lipinski definition) is 1. The number of carbonyl (C=O) groups is 2. The molecule has 0 radical (unpaired) electrons. The summed E-state index contributed by atoms with van der Waals surface area (Å²) in [5.41, 5.74) is 0.641. The first-order chi connectivity index (χ1) is 12.5. The lowest BCUT2D eigenvalue weighted by molar-refractivity contribution is -0.160. The molecule has 0 amide bonds. The highest BCUT2D eigenvalue weighted by Gasteiger charge is 2.22. The number of methoxy groups -OCH3 is 2. The fourth-order valence-corrected chi connectivity index (χ4v) is 2.28. The second-order valence-corrected chi connectivity index (χ2v) is 5.34. The Kier molecular flexibility index (Phi) is 6.84. The molecule has 0 bridgehead atoms. The third-order valence-electron chi connectivity index (χ3n) is 3.56. The van der Waals surface area contributed by atoms with Gasteiger partial charge in [-0.05, 0) is 29.8 Å². The van der Waals surface area contributed by atoms with Gasteiger partial charge in [-0.15, -0.1) is 0 Å². The largest absolute Gasteiger partial charge is 0.493 e. The Bertz CT molecular complexity index is 762. The molecule has 0 spiro atoms. The van der Waals surface area contributed by atoms with Crippen LogP contribution >= 0.6 is 0 Å². The summed E-state index contributed by atoms with van der Waals surface area (Å²) in [4.78, 5) is 23.3. The second kappa shape index (κ2) is 9.31. The summed E-state index contributed by atoms with van der Waals surface area (Å²) in [6.07, 6.45) is 3.38. The molecule has 0 saturated heterocycles. The minimum Gasteiger partial charge on any atom is -0.493 e. The molecule has 1 aromatic heterocycles. The molecule has 7 heteroatoms. The van der Waals surface area contributed by atoms with E-state index in [2.05, 4.69) is 0 Å². The maximum absolute atomic E-state index is 11.9. The van der Waals surface area contributed by atoms with E-state index in [0.717, 1.165) is 0 Å². The van der Waals surface area contributed by atoms with Crippen LogP contribution in [0.2, 0.25) is 0 Å². The smallest absolute Gasteiger partial charge is 0.345 e. The van der Waals surface area contributed by atoms with Crippen molar-refractivity contribution >= 4 is 11.9 Å². The first-order valence-electron chi connectivity index (χ1n) is 7.86. The lowest BCUT2D eigenvalue weighted by Crippen LogP contribution is -2.28. The SMILES string of the molecule is COc1ccc(CC(OC(=O)/C=C/Cc2ccco2)C(=O)O)cc1OC. The predicted molar refractivity (Wildman–Crippen MR) is 92.3 cm³/mol. The number of hydrogen-bond acceptors (Lipinski definition) is 6. The minimum atomic E-state index is -1.31. The van der Waals surface area contributed by atoms with Crippen molar-refractivity contribution in [2.45, 2.75) is 18.9 Å². The third-order valence-corrected chi connectivity index (χ3v) is 3.56. The summed E-state index contributed by atoms with van der Waals surface area (Å²) in [5, 5.41) is 9.31. The number of benzene rings is 1. The van der Waals surface area contributed by atoms with Gasteiger partial charge in [0, 0.05) is 18.9 Å². The van der Waals surface area contributed by atoms with Crippen LogP contribution in [0.1, 0.15) is 11.3 Å². The maximum atomic E-state index is 11.9. The van der Waals surface area contributed by atoms with Crippen molar-refractivity contribution in [2.75, 3.05) is 14.2 Å². The Hall–Kier alpha value is -3.22. The molecule has 1 atom stereocenters. The van der Waals surface area contributed by atoms with Gasteiger partial charge in [-0.2, -0.15) is 0 Å². The van der Waals surface area contributed by atoms with Crippen LogP contribution in [0.25, 0.3) is 0 Å². The average Bonchev–Trinajstić information content (AvgIpc) is 3.14. The van der Waals surface area contributed by atoms with Crippen molar-refractivity contribution < 1.29 is 33.3 Å². The molecule has 1 heterocycles. The van der Waals surface area contributed by atoms with Gasteiger partial charge in [0.05, 0.1) is 20.5 Å². The molecule has 2 rings (SSSR count). The van der Waals surface area contributed by atoms with Crippen LogP contribution in [-0.4, -0.2) is 37.4 Å². The number of carbonyl (C=O) groups excluding carboxylic acids is 1. The first-order valence-corrected chi connectivity index (χ1v) is 7.86. The zero-order chi connectivity index (χ0) is 18.9. The molecule has 1 unspecified atom stereocenters. The molecule has 0 aliphatic carbocycles. The molecular formula is C19H20O7. The molecule has 26 heavy (non-hydrogen) atoms. The van der Waals surface area contributed by atoms with E-state index in [-0.39, 0.29) is 6.42 Å². The van der Waals surface area contributed by atoms with E-state index in [0.29, 0.717) is 29.2 Å². The van der Waals surface area contributed by atoms with E-state index in [4.69, 9.17) is 18.6 Å². The standard InChI is InChI=1S/C19H20O7/c1-23-15-9-8-13(11-16(15)24-2)12-17(19(21)22)26-18(20)7-3-5-14-6-4-10-25-14/h3-4,6-11,17H,5,12H2,1-2H3,(H,21,22)/b7-3+. The first kappa shape index (κ1) is 19.1. The number of esters is 1. The van der Waals surface area contributed by atoms with Crippen LogP contribution in [0, 0.1) is 0 Å². The molecule has 138 valence electrons. The molecule has 7 nitrogen and oxygen atoms in total. The van der Waals surface area contributed by atoms with Crippen LogP contribution in [0.4, 0.5) is 0 Å². The summed E-state index contributed by atoms with van der Waals surface area (Å²) in [6, 6.07) is 8.52. The lowest BCUT2D eigenvalue weighted by atomic mass is 10.1. The summed E-state index contributed by atoms with van der Waals surface area (Å²) in [7, 11) is 2.99. The predicted octanol–water partition coefficient (Wildman–Crippen LogP) is 2.63. The quantitative estimate of drug-likeness (QED) is 0.542. The van der Waals surface area contributed by atoms with Crippen molar-refractivity contribution in [3.8, 4) is 11.5 Å². The van der Waals surface area contributed by atoms with Gasteiger partial charge in [-0.25, -0.2) is 9.59 Å². The molecule has 0 aliphatic heterocycles. The van der Waals surface area contributed by atoms with E-state index in [9.17, 15) is 14.7 Å². The van der Waals surface area contributed by atoms with Crippen molar-refractivity contribution in [2.24, 2.45) is 0 Å². The second-order valence-electron chi connectivity index (χ2n) is 5.34. The monoisotopic (exact) mass is 360 g/mol. The van der Waals surface area contributed by atoms with Crippen LogP contribution in [0.15, 0.2) is 53.2 Å². The van der Waals surface area contributed by atoms with Gasteiger partial charge in [0.1, 0.15) is 5.76 Å². The van der Waals surface area contributed by atoms with Gasteiger partial charge >= 0.3 is 11.9 Å². The van der Waals surface area contributed by atoms with E-state index in [1.165, 1.54) is 26.6 Å². The van der Waals surface area contributed by atoms with E-state index in [1.807, 2.05) is 0 Å². The average molecular weight is 360 g/mol. The van der Waals surface area contributed by atoms with E-state index in [1.54, 1.807) is 36.4 Å². The highest BCUT2D eigenvalue weighted by atomic mass is 16.6. The fraction of sp³-hybridized carbons (Fsp3) is 0.263. The highest BCUT2D eigenvalue weighted by Crippen LogP contribution is 2.28. The Morgan fingerprint density at radius 1 is 1.19 bits per heavy atom. The molecule has 1 aromatic carbocycles. The maximum Gasteiger partial charge on any atom is 0.345 e. The Labute approximate surface area is 150 Å². The van der Waals surface area contributed by atoms with Gasteiger partial charge < -0.3 is 23.7 Å². The number of aliphatic carboxylic acids is 1. The molecule has 0 aliphatic rings. The number of carboxylic acid groups (broad SMARTS) is 1. The minimum absolute atomic E-state index is 0.00739.